The van der Waals surface area contributed by atoms with Gasteiger partial charge in [-0.1, -0.05) is 17.8 Å². The number of aliphatic hydroxyl groups is 1. The molecule has 8 heteroatoms. The third kappa shape index (κ3) is 3.81. The number of amides is 2. The fraction of sp³-hybridized carbons (Fsp3) is 0.211. The summed E-state index contributed by atoms with van der Waals surface area (Å²) in [5.74, 6) is -0.955. The van der Waals surface area contributed by atoms with Crippen molar-refractivity contribution < 1.29 is 19.1 Å². The van der Waals surface area contributed by atoms with Crippen molar-refractivity contribution in [3.05, 3.63) is 53.9 Å². The maximum absolute atomic E-state index is 12.8. The van der Waals surface area contributed by atoms with E-state index in [1.54, 1.807) is 19.2 Å². The molecule has 0 aliphatic heterocycles. The summed E-state index contributed by atoms with van der Waals surface area (Å²) >= 11 is 1.46. The molecular weight excluding hydrogens is 366 g/mol. The van der Waals surface area contributed by atoms with Crippen molar-refractivity contribution in [1.82, 2.24) is 10.3 Å². The van der Waals surface area contributed by atoms with Gasteiger partial charge in [-0.05, 0) is 44.2 Å². The van der Waals surface area contributed by atoms with Gasteiger partial charge >= 0.3 is 0 Å². The van der Waals surface area contributed by atoms with Crippen molar-refractivity contribution in [2.75, 3.05) is 6.61 Å². The van der Waals surface area contributed by atoms with Crippen LogP contribution in [0.1, 0.15) is 23.0 Å². The molecule has 0 saturated carbocycles. The SMILES string of the molecule is Cc1oc2ccc(Sc3ccccn3)cc2c1C(=O)N[C@@](C)(CO)C(N)=O. The molecule has 0 bridgehead atoms. The van der Waals surface area contributed by atoms with Gasteiger partial charge in [-0.15, -0.1) is 0 Å². The average molecular weight is 385 g/mol. The van der Waals surface area contributed by atoms with Gasteiger partial charge in [0.05, 0.1) is 12.2 Å². The van der Waals surface area contributed by atoms with Crippen LogP contribution in [0.5, 0.6) is 0 Å². The number of nitrogens with zero attached hydrogens (tertiary/aromatic N) is 1. The third-order valence-electron chi connectivity index (χ3n) is 4.17. The lowest BCUT2D eigenvalue weighted by Crippen LogP contribution is -2.57. The van der Waals surface area contributed by atoms with Crippen molar-refractivity contribution in [3.8, 4) is 0 Å². The molecule has 27 heavy (non-hydrogen) atoms. The lowest BCUT2D eigenvalue weighted by atomic mass is 10.0. The highest BCUT2D eigenvalue weighted by atomic mass is 32.2. The number of aryl methyl sites for hydroxylation is 1. The lowest BCUT2D eigenvalue weighted by molar-refractivity contribution is -0.124. The summed E-state index contributed by atoms with van der Waals surface area (Å²) in [6.45, 7) is 2.43. The number of rotatable bonds is 6. The average Bonchev–Trinajstić information content (AvgIpc) is 2.97. The standard InChI is InChI=1S/C19H19N3O4S/c1-11-16(17(24)22-19(2,10-23)18(20)25)13-9-12(6-7-14(13)26-11)27-15-5-3-4-8-21-15/h3-9,23H,10H2,1-2H3,(H2,20,25)(H,22,24)/t19-/m0/s1. The van der Waals surface area contributed by atoms with Gasteiger partial charge < -0.3 is 20.6 Å². The van der Waals surface area contributed by atoms with Gasteiger partial charge in [0.15, 0.2) is 0 Å². The normalized spacial score (nSPS) is 13.3. The quantitative estimate of drug-likeness (QED) is 0.599. The maximum atomic E-state index is 12.8. The number of aromatic nitrogens is 1. The number of furan rings is 1. The van der Waals surface area contributed by atoms with Gasteiger partial charge in [-0.3, -0.25) is 9.59 Å². The van der Waals surface area contributed by atoms with Crippen molar-refractivity contribution in [1.29, 1.82) is 0 Å². The smallest absolute Gasteiger partial charge is 0.256 e. The van der Waals surface area contributed by atoms with Crippen molar-refractivity contribution in [3.63, 3.8) is 0 Å². The van der Waals surface area contributed by atoms with Crippen LogP contribution in [0.4, 0.5) is 0 Å². The predicted octanol–water partition coefficient (Wildman–Crippen LogP) is 2.25. The van der Waals surface area contributed by atoms with Gasteiger partial charge in [-0.2, -0.15) is 0 Å². The first-order chi connectivity index (χ1) is 12.8. The predicted molar refractivity (Wildman–Crippen MR) is 101 cm³/mol. The topological polar surface area (TPSA) is 118 Å². The molecule has 2 amide bonds. The number of fused-ring (bicyclic) bond motifs is 1. The number of benzene rings is 1. The Kier molecular flexibility index (Phi) is 5.20. The minimum atomic E-state index is -1.56. The molecule has 0 saturated heterocycles. The van der Waals surface area contributed by atoms with E-state index in [1.165, 1.54) is 18.7 Å². The second kappa shape index (κ2) is 7.42. The molecule has 4 N–H and O–H groups in total. The number of primary amides is 1. The molecule has 3 aromatic rings. The minimum Gasteiger partial charge on any atom is -0.461 e. The summed E-state index contributed by atoms with van der Waals surface area (Å²) in [5.41, 5.74) is 4.58. The van der Waals surface area contributed by atoms with Crippen molar-refractivity contribution in [2.24, 2.45) is 5.73 Å². The zero-order valence-corrected chi connectivity index (χ0v) is 15.7. The first-order valence-corrected chi connectivity index (χ1v) is 9.01. The van der Waals surface area contributed by atoms with Crippen LogP contribution in [0, 0.1) is 6.92 Å². The molecule has 2 heterocycles. The molecular formula is C19H19N3O4S. The summed E-state index contributed by atoms with van der Waals surface area (Å²) in [5, 5.41) is 13.4. The monoisotopic (exact) mass is 385 g/mol. The van der Waals surface area contributed by atoms with E-state index in [0.29, 0.717) is 22.3 Å². The summed E-state index contributed by atoms with van der Waals surface area (Å²) in [7, 11) is 0. The fourth-order valence-corrected chi connectivity index (χ4v) is 3.38. The second-order valence-corrected chi connectivity index (χ2v) is 7.36. The lowest BCUT2D eigenvalue weighted by Gasteiger charge is -2.24. The third-order valence-corrected chi connectivity index (χ3v) is 5.11. The first kappa shape index (κ1) is 18.9. The number of hydrogen-bond acceptors (Lipinski definition) is 6. The highest BCUT2D eigenvalue weighted by Gasteiger charge is 2.34. The largest absolute Gasteiger partial charge is 0.461 e. The fourth-order valence-electron chi connectivity index (χ4n) is 2.57. The van der Waals surface area contributed by atoms with Gasteiger partial charge in [0.1, 0.15) is 21.9 Å². The number of aliphatic hydroxyl groups excluding tert-OH is 1. The number of hydrogen-bond donors (Lipinski definition) is 3. The van der Waals surface area contributed by atoms with Crippen LogP contribution in [0.2, 0.25) is 0 Å². The van der Waals surface area contributed by atoms with Crippen LogP contribution in [0.15, 0.2) is 56.9 Å². The Morgan fingerprint density at radius 1 is 1.33 bits per heavy atom. The van der Waals surface area contributed by atoms with Gasteiger partial charge in [0.2, 0.25) is 5.91 Å². The molecule has 1 atom stereocenters. The first-order valence-electron chi connectivity index (χ1n) is 8.19. The van der Waals surface area contributed by atoms with Crippen LogP contribution in [-0.2, 0) is 4.79 Å². The van der Waals surface area contributed by atoms with Gasteiger partial charge in [-0.25, -0.2) is 4.98 Å². The number of nitrogens with two attached hydrogens (primary N) is 1. The van der Waals surface area contributed by atoms with Crippen LogP contribution < -0.4 is 11.1 Å². The molecule has 1 aromatic carbocycles. The van der Waals surface area contributed by atoms with E-state index in [2.05, 4.69) is 10.3 Å². The zero-order chi connectivity index (χ0) is 19.6. The molecule has 7 nitrogen and oxygen atoms in total. The highest BCUT2D eigenvalue weighted by molar-refractivity contribution is 7.99. The Balaban J connectivity index is 1.97. The molecule has 0 unspecified atom stereocenters. The molecule has 0 aliphatic rings. The Hall–Kier alpha value is -2.84. The number of carbonyl (C=O) groups is 2. The van der Waals surface area contributed by atoms with Crippen LogP contribution >= 0.6 is 11.8 Å². The van der Waals surface area contributed by atoms with E-state index in [4.69, 9.17) is 10.2 Å². The Bertz CT molecular complexity index is 1000. The molecule has 0 spiro atoms. The molecule has 0 aliphatic carbocycles. The summed E-state index contributed by atoms with van der Waals surface area (Å²) in [4.78, 5) is 29.5. The summed E-state index contributed by atoms with van der Waals surface area (Å²) in [6, 6.07) is 11.1. The van der Waals surface area contributed by atoms with E-state index in [0.717, 1.165) is 9.92 Å². The summed E-state index contributed by atoms with van der Waals surface area (Å²) in [6.07, 6.45) is 1.71. The van der Waals surface area contributed by atoms with Gasteiger partial charge in [0.25, 0.3) is 5.91 Å². The van der Waals surface area contributed by atoms with Crippen LogP contribution in [-0.4, -0.2) is 34.1 Å². The molecule has 2 aromatic heterocycles. The van der Waals surface area contributed by atoms with Gasteiger partial charge in [0, 0.05) is 16.5 Å². The van der Waals surface area contributed by atoms with E-state index >= 15 is 0 Å². The Morgan fingerprint density at radius 3 is 2.74 bits per heavy atom. The van der Waals surface area contributed by atoms with E-state index in [-0.39, 0.29) is 0 Å². The van der Waals surface area contributed by atoms with Crippen LogP contribution in [0.3, 0.4) is 0 Å². The number of carbonyl (C=O) groups excluding carboxylic acids is 2. The minimum absolute atomic E-state index is 0.300. The second-order valence-electron chi connectivity index (χ2n) is 6.27. The highest BCUT2D eigenvalue weighted by Crippen LogP contribution is 2.32. The van der Waals surface area contributed by atoms with Crippen molar-refractivity contribution in [2.45, 2.75) is 29.3 Å². The van der Waals surface area contributed by atoms with E-state index in [1.807, 2.05) is 30.3 Å². The number of pyridine rings is 1. The summed E-state index contributed by atoms with van der Waals surface area (Å²) < 4.78 is 5.67. The Morgan fingerprint density at radius 2 is 2.11 bits per heavy atom. The van der Waals surface area contributed by atoms with E-state index in [9.17, 15) is 14.7 Å². The molecule has 0 radical (unpaired) electrons. The molecule has 0 fully saturated rings. The molecule has 3 rings (SSSR count). The van der Waals surface area contributed by atoms with Crippen LogP contribution in [0.25, 0.3) is 11.0 Å². The van der Waals surface area contributed by atoms with E-state index < -0.39 is 24.0 Å². The maximum Gasteiger partial charge on any atom is 0.256 e. The molecule has 140 valence electrons. The van der Waals surface area contributed by atoms with Crippen molar-refractivity contribution >= 4 is 34.5 Å². The number of nitrogens with one attached hydrogen (secondary N) is 1. The zero-order valence-electron chi connectivity index (χ0n) is 14.9. The Labute approximate surface area is 160 Å².